The Hall–Kier alpha value is -0.910. The lowest BCUT2D eigenvalue weighted by atomic mass is 10.1. The molecule has 1 unspecified atom stereocenters. The van der Waals surface area contributed by atoms with Crippen molar-refractivity contribution < 1.29 is 13.9 Å². The summed E-state index contributed by atoms with van der Waals surface area (Å²) in [6, 6.07) is 1.61. The van der Waals surface area contributed by atoms with Crippen molar-refractivity contribution >= 4 is 29.2 Å². The average Bonchev–Trinajstić information content (AvgIpc) is 2.27. The number of carbonyl (C=O) groups excluding carboxylic acids is 1. The zero-order valence-electron chi connectivity index (χ0n) is 8.99. The summed E-state index contributed by atoms with van der Waals surface area (Å²) in [7, 11) is 0. The van der Waals surface area contributed by atoms with Crippen LogP contribution in [0.3, 0.4) is 0 Å². The van der Waals surface area contributed by atoms with Crippen LogP contribution in [0.5, 0.6) is 0 Å². The zero-order valence-corrected chi connectivity index (χ0v) is 10.5. The van der Waals surface area contributed by atoms with E-state index in [0.29, 0.717) is 0 Å². The van der Waals surface area contributed by atoms with E-state index in [1.807, 2.05) is 0 Å². The maximum absolute atomic E-state index is 13.6. The Morgan fingerprint density at radius 3 is 2.76 bits per heavy atom. The van der Waals surface area contributed by atoms with Crippen LogP contribution < -0.4 is 5.73 Å². The van der Waals surface area contributed by atoms with Crippen molar-refractivity contribution in [2.75, 3.05) is 6.61 Å². The molecule has 94 valence electrons. The van der Waals surface area contributed by atoms with E-state index in [0.717, 1.165) is 0 Å². The van der Waals surface area contributed by atoms with Gasteiger partial charge in [0.15, 0.2) is 0 Å². The van der Waals surface area contributed by atoms with Crippen LogP contribution in [-0.4, -0.2) is 23.7 Å². The Morgan fingerprint density at radius 1 is 1.59 bits per heavy atom. The fourth-order valence-corrected chi connectivity index (χ4v) is 1.67. The van der Waals surface area contributed by atoms with Gasteiger partial charge < -0.3 is 10.5 Å². The van der Waals surface area contributed by atoms with E-state index < -0.39 is 18.2 Å². The van der Waals surface area contributed by atoms with E-state index in [2.05, 4.69) is 9.72 Å². The van der Waals surface area contributed by atoms with Gasteiger partial charge in [-0.3, -0.25) is 0 Å². The monoisotopic (exact) mass is 280 g/mol. The van der Waals surface area contributed by atoms with Gasteiger partial charge in [0, 0.05) is 5.56 Å². The fraction of sp³-hybridized carbons (Fsp3) is 0.400. The van der Waals surface area contributed by atoms with Gasteiger partial charge in [0.25, 0.3) is 0 Å². The fourth-order valence-electron chi connectivity index (χ4n) is 1.20. The van der Waals surface area contributed by atoms with Gasteiger partial charge in [0.2, 0.25) is 6.17 Å². The molecule has 0 aliphatic rings. The van der Waals surface area contributed by atoms with E-state index in [4.69, 9.17) is 28.9 Å². The second-order valence-corrected chi connectivity index (χ2v) is 3.94. The van der Waals surface area contributed by atoms with Crippen LogP contribution >= 0.6 is 23.2 Å². The molecule has 0 aromatic carbocycles. The molecule has 1 aromatic rings. The number of pyridine rings is 1. The molecule has 7 heteroatoms. The third-order valence-electron chi connectivity index (χ3n) is 2.03. The first-order chi connectivity index (χ1) is 7.97. The van der Waals surface area contributed by atoms with Gasteiger partial charge in [-0.15, -0.1) is 0 Å². The molecule has 0 saturated carbocycles. The van der Waals surface area contributed by atoms with Gasteiger partial charge in [-0.05, 0) is 13.0 Å². The van der Waals surface area contributed by atoms with Crippen molar-refractivity contribution in [1.82, 2.24) is 4.98 Å². The summed E-state index contributed by atoms with van der Waals surface area (Å²) >= 11 is 11.3. The summed E-state index contributed by atoms with van der Waals surface area (Å²) in [5.41, 5.74) is 5.78. The zero-order chi connectivity index (χ0) is 13.0. The molecular weight excluding hydrogens is 270 g/mol. The minimum atomic E-state index is -1.99. The van der Waals surface area contributed by atoms with Crippen molar-refractivity contribution in [3.63, 3.8) is 0 Å². The standard InChI is InChI=1S/C10H11Cl2FN2O2/c1-2-17-10(16)7(13)8(14)5-3-4-6(11)15-9(5)12/h3-4,7-8H,2,14H2,1H3/t7?,8-/m1/s1. The Labute approximate surface area is 108 Å². The van der Waals surface area contributed by atoms with Crippen molar-refractivity contribution in [2.24, 2.45) is 5.73 Å². The molecule has 0 fully saturated rings. The van der Waals surface area contributed by atoms with E-state index in [1.54, 1.807) is 6.92 Å². The Kier molecular flexibility index (Phi) is 5.11. The maximum Gasteiger partial charge on any atom is 0.342 e. The number of aromatic nitrogens is 1. The van der Waals surface area contributed by atoms with Gasteiger partial charge in [-0.2, -0.15) is 0 Å². The SMILES string of the molecule is CCOC(=O)C(F)[C@H](N)c1ccc(Cl)nc1Cl. The van der Waals surface area contributed by atoms with Crippen LogP contribution in [-0.2, 0) is 9.53 Å². The smallest absolute Gasteiger partial charge is 0.342 e. The average molecular weight is 281 g/mol. The highest BCUT2D eigenvalue weighted by atomic mass is 35.5. The van der Waals surface area contributed by atoms with E-state index in [1.165, 1.54) is 12.1 Å². The second-order valence-electron chi connectivity index (χ2n) is 3.19. The first kappa shape index (κ1) is 14.2. The highest BCUT2D eigenvalue weighted by Gasteiger charge is 2.29. The largest absolute Gasteiger partial charge is 0.464 e. The molecule has 1 rings (SSSR count). The molecule has 0 amide bonds. The molecule has 0 spiro atoms. The summed E-state index contributed by atoms with van der Waals surface area (Å²) < 4.78 is 18.2. The molecule has 0 aliphatic carbocycles. The Bertz CT molecular complexity index is 417. The third kappa shape index (κ3) is 3.52. The maximum atomic E-state index is 13.6. The van der Waals surface area contributed by atoms with E-state index in [-0.39, 0.29) is 22.5 Å². The minimum absolute atomic E-state index is 0.0306. The summed E-state index contributed by atoms with van der Waals surface area (Å²) in [5.74, 6) is -1.02. The van der Waals surface area contributed by atoms with Crippen molar-refractivity contribution in [3.8, 4) is 0 Å². The molecule has 0 radical (unpaired) electrons. The predicted octanol–water partition coefficient (Wildman–Crippen LogP) is 2.29. The molecule has 0 bridgehead atoms. The number of nitrogens with two attached hydrogens (primary N) is 1. The minimum Gasteiger partial charge on any atom is -0.464 e. The van der Waals surface area contributed by atoms with E-state index >= 15 is 0 Å². The van der Waals surface area contributed by atoms with Gasteiger partial charge in [0.05, 0.1) is 12.6 Å². The molecule has 0 aliphatic heterocycles. The quantitative estimate of drug-likeness (QED) is 0.679. The van der Waals surface area contributed by atoms with Crippen LogP contribution in [0.2, 0.25) is 10.3 Å². The number of hydrogen-bond donors (Lipinski definition) is 1. The lowest BCUT2D eigenvalue weighted by Crippen LogP contribution is -2.31. The van der Waals surface area contributed by atoms with Crippen LogP contribution in [0.4, 0.5) is 4.39 Å². The van der Waals surface area contributed by atoms with Crippen LogP contribution in [0.1, 0.15) is 18.5 Å². The number of ether oxygens (including phenoxy) is 1. The molecular formula is C10H11Cl2FN2O2. The number of hydrogen-bond acceptors (Lipinski definition) is 4. The van der Waals surface area contributed by atoms with Crippen LogP contribution in [0.15, 0.2) is 12.1 Å². The molecule has 17 heavy (non-hydrogen) atoms. The topological polar surface area (TPSA) is 65.2 Å². The third-order valence-corrected chi connectivity index (χ3v) is 2.54. The summed E-state index contributed by atoms with van der Waals surface area (Å²) in [5, 5.41) is 0.134. The van der Waals surface area contributed by atoms with Gasteiger partial charge in [-0.1, -0.05) is 29.3 Å². The predicted molar refractivity (Wildman–Crippen MR) is 62.7 cm³/mol. The molecule has 0 saturated heterocycles. The van der Waals surface area contributed by atoms with Crippen molar-refractivity contribution in [1.29, 1.82) is 0 Å². The first-order valence-electron chi connectivity index (χ1n) is 4.85. The van der Waals surface area contributed by atoms with Crippen LogP contribution in [0.25, 0.3) is 0 Å². The van der Waals surface area contributed by atoms with Gasteiger partial charge in [-0.25, -0.2) is 14.2 Å². The van der Waals surface area contributed by atoms with Gasteiger partial charge >= 0.3 is 5.97 Å². The molecule has 4 nitrogen and oxygen atoms in total. The Balaban J connectivity index is 2.88. The number of halogens is 3. The number of esters is 1. The van der Waals surface area contributed by atoms with Crippen molar-refractivity contribution in [3.05, 3.63) is 28.0 Å². The highest BCUT2D eigenvalue weighted by molar-refractivity contribution is 6.32. The molecule has 2 atom stereocenters. The second kappa shape index (κ2) is 6.14. The highest BCUT2D eigenvalue weighted by Crippen LogP contribution is 2.25. The lowest BCUT2D eigenvalue weighted by molar-refractivity contribution is -0.149. The Morgan fingerprint density at radius 2 is 2.24 bits per heavy atom. The molecule has 2 N–H and O–H groups in total. The lowest BCUT2D eigenvalue weighted by Gasteiger charge is -2.16. The molecule has 1 heterocycles. The van der Waals surface area contributed by atoms with Crippen LogP contribution in [0, 0.1) is 0 Å². The summed E-state index contributed by atoms with van der Waals surface area (Å²) in [6.45, 7) is 1.66. The normalized spacial score (nSPS) is 14.2. The number of nitrogens with zero attached hydrogens (tertiary/aromatic N) is 1. The summed E-state index contributed by atoms with van der Waals surface area (Å²) in [6.07, 6.45) is -1.99. The van der Waals surface area contributed by atoms with Gasteiger partial charge in [0.1, 0.15) is 10.3 Å². The number of rotatable bonds is 4. The van der Waals surface area contributed by atoms with E-state index in [9.17, 15) is 9.18 Å². The summed E-state index contributed by atoms with van der Waals surface area (Å²) in [4.78, 5) is 14.9. The van der Waals surface area contributed by atoms with Crippen molar-refractivity contribution in [2.45, 2.75) is 19.1 Å². The number of alkyl halides is 1. The first-order valence-corrected chi connectivity index (χ1v) is 5.61. The number of carbonyl (C=O) groups is 1. The molecule has 1 aromatic heterocycles.